The van der Waals surface area contributed by atoms with Gasteiger partial charge in [0.25, 0.3) is 0 Å². The van der Waals surface area contributed by atoms with Gasteiger partial charge in [-0.15, -0.1) is 0 Å². The molecule has 4 nitrogen and oxygen atoms in total. The minimum absolute atomic E-state index is 0.224. The van der Waals surface area contributed by atoms with E-state index in [1.165, 1.54) is 0 Å². The minimum Gasteiger partial charge on any atom is -0.309 e. The lowest BCUT2D eigenvalue weighted by Crippen LogP contribution is -2.23. The second-order valence-corrected chi connectivity index (χ2v) is 5.02. The van der Waals surface area contributed by atoms with Crippen LogP contribution in [0.2, 0.25) is 0 Å². The molecule has 0 saturated carbocycles. The number of pyridine rings is 1. The molecule has 0 bridgehead atoms. The lowest BCUT2D eigenvalue weighted by atomic mass is 9.84. The van der Waals surface area contributed by atoms with E-state index >= 15 is 0 Å². The summed E-state index contributed by atoms with van der Waals surface area (Å²) in [4.78, 5) is 21.1. The van der Waals surface area contributed by atoms with E-state index in [9.17, 15) is 18.0 Å². The van der Waals surface area contributed by atoms with Gasteiger partial charge in [-0.05, 0) is 37.0 Å². The van der Waals surface area contributed by atoms with Crippen molar-refractivity contribution < 1.29 is 13.2 Å². The first-order valence-electron chi connectivity index (χ1n) is 6.57. The summed E-state index contributed by atoms with van der Waals surface area (Å²) < 4.78 is 38.3. The van der Waals surface area contributed by atoms with Crippen LogP contribution in [0.1, 0.15) is 41.4 Å². The van der Waals surface area contributed by atoms with Crippen LogP contribution in [0.15, 0.2) is 29.2 Å². The number of rotatable bonds is 1. The number of aryl methyl sites for hydroxylation is 1. The molecule has 7 heteroatoms. The van der Waals surface area contributed by atoms with Gasteiger partial charge >= 0.3 is 11.9 Å². The van der Waals surface area contributed by atoms with Crippen molar-refractivity contribution in [3.05, 3.63) is 57.5 Å². The number of halogens is 3. The summed E-state index contributed by atoms with van der Waals surface area (Å²) in [6.45, 7) is 0. The molecule has 1 atom stereocenters. The fourth-order valence-corrected chi connectivity index (χ4v) is 2.72. The zero-order valence-corrected chi connectivity index (χ0v) is 10.9. The molecule has 2 heterocycles. The molecule has 0 radical (unpaired) electrons. The van der Waals surface area contributed by atoms with Gasteiger partial charge in [0, 0.05) is 17.8 Å². The van der Waals surface area contributed by atoms with Gasteiger partial charge in [-0.1, -0.05) is 6.07 Å². The highest BCUT2D eigenvalue weighted by atomic mass is 19.4. The Kier molecular flexibility index (Phi) is 3.27. The van der Waals surface area contributed by atoms with Crippen LogP contribution in [0.5, 0.6) is 0 Å². The van der Waals surface area contributed by atoms with Gasteiger partial charge in [0.05, 0.1) is 5.69 Å². The van der Waals surface area contributed by atoms with E-state index in [0.29, 0.717) is 6.42 Å². The van der Waals surface area contributed by atoms with Gasteiger partial charge in [-0.2, -0.15) is 18.2 Å². The molecule has 0 saturated heterocycles. The average Bonchev–Trinajstić information content (AvgIpc) is 2.45. The van der Waals surface area contributed by atoms with E-state index < -0.39 is 17.6 Å². The number of fused-ring (bicyclic) bond motifs is 1. The Hall–Kier alpha value is -2.18. The van der Waals surface area contributed by atoms with E-state index in [1.54, 1.807) is 12.3 Å². The fourth-order valence-electron chi connectivity index (χ4n) is 2.72. The maximum absolute atomic E-state index is 12.8. The van der Waals surface area contributed by atoms with Crippen molar-refractivity contribution in [1.29, 1.82) is 0 Å². The van der Waals surface area contributed by atoms with Crippen LogP contribution in [-0.4, -0.2) is 15.0 Å². The third-order valence-corrected chi connectivity index (χ3v) is 3.63. The normalized spacial score (nSPS) is 18.3. The molecule has 1 N–H and O–H groups in total. The third-order valence-electron chi connectivity index (χ3n) is 3.63. The van der Waals surface area contributed by atoms with Crippen molar-refractivity contribution in [1.82, 2.24) is 15.0 Å². The summed E-state index contributed by atoms with van der Waals surface area (Å²) in [5, 5.41) is 0. The summed E-state index contributed by atoms with van der Waals surface area (Å²) >= 11 is 0. The number of nitrogens with one attached hydrogen (secondary N) is 1. The van der Waals surface area contributed by atoms with Crippen LogP contribution in [0.25, 0.3) is 0 Å². The van der Waals surface area contributed by atoms with E-state index in [2.05, 4.69) is 15.0 Å². The Morgan fingerprint density at radius 1 is 1.33 bits per heavy atom. The Morgan fingerprint density at radius 2 is 2.14 bits per heavy atom. The molecule has 1 aliphatic rings. The van der Waals surface area contributed by atoms with Crippen molar-refractivity contribution >= 4 is 0 Å². The lowest BCUT2D eigenvalue weighted by Gasteiger charge is -2.24. The predicted octanol–water partition coefficient (Wildman–Crippen LogP) is 2.65. The van der Waals surface area contributed by atoms with Crippen molar-refractivity contribution in [2.75, 3.05) is 0 Å². The summed E-state index contributed by atoms with van der Waals surface area (Å²) in [5.74, 6) is -0.327. The average molecular weight is 295 g/mol. The number of hydrogen-bond acceptors (Lipinski definition) is 3. The van der Waals surface area contributed by atoms with Crippen LogP contribution in [0.4, 0.5) is 13.2 Å². The number of aromatic nitrogens is 3. The smallest absolute Gasteiger partial charge is 0.309 e. The molecule has 110 valence electrons. The van der Waals surface area contributed by atoms with Gasteiger partial charge in [0.1, 0.15) is 0 Å². The molecule has 0 aliphatic heterocycles. The zero-order valence-electron chi connectivity index (χ0n) is 10.9. The van der Waals surface area contributed by atoms with Gasteiger partial charge in [0.15, 0.2) is 5.69 Å². The molecule has 0 aromatic carbocycles. The molecule has 2 aromatic rings. The van der Waals surface area contributed by atoms with Crippen LogP contribution in [0, 0.1) is 0 Å². The van der Waals surface area contributed by atoms with Crippen molar-refractivity contribution in [3.63, 3.8) is 0 Å². The maximum Gasteiger partial charge on any atom is 0.433 e. The molecule has 0 spiro atoms. The van der Waals surface area contributed by atoms with Crippen molar-refractivity contribution in [2.24, 2.45) is 0 Å². The predicted molar refractivity (Wildman–Crippen MR) is 68.9 cm³/mol. The van der Waals surface area contributed by atoms with Crippen molar-refractivity contribution in [3.8, 4) is 0 Å². The summed E-state index contributed by atoms with van der Waals surface area (Å²) in [6, 6.07) is 4.63. The number of aromatic amines is 1. The third kappa shape index (κ3) is 2.68. The van der Waals surface area contributed by atoms with Crippen LogP contribution in [0.3, 0.4) is 0 Å². The first-order valence-corrected chi connectivity index (χ1v) is 6.57. The number of hydrogen-bond donors (Lipinski definition) is 1. The molecule has 1 aliphatic carbocycles. The fraction of sp³-hybridized carbons (Fsp3) is 0.357. The van der Waals surface area contributed by atoms with Gasteiger partial charge < -0.3 is 4.98 Å². The van der Waals surface area contributed by atoms with Crippen LogP contribution in [-0.2, 0) is 12.6 Å². The van der Waals surface area contributed by atoms with Crippen LogP contribution < -0.4 is 5.69 Å². The molecule has 2 aromatic heterocycles. The molecular weight excluding hydrogens is 283 g/mol. The molecule has 0 amide bonds. The molecule has 1 unspecified atom stereocenters. The summed E-state index contributed by atoms with van der Waals surface area (Å²) in [7, 11) is 0. The lowest BCUT2D eigenvalue weighted by molar-refractivity contribution is -0.141. The van der Waals surface area contributed by atoms with Gasteiger partial charge in [-0.25, -0.2) is 4.79 Å². The van der Waals surface area contributed by atoms with Gasteiger partial charge in [0.2, 0.25) is 0 Å². The van der Waals surface area contributed by atoms with E-state index in [-0.39, 0.29) is 11.6 Å². The van der Waals surface area contributed by atoms with E-state index in [1.807, 2.05) is 6.07 Å². The number of H-pyrrole nitrogens is 1. The minimum atomic E-state index is -4.63. The Labute approximate surface area is 118 Å². The largest absolute Gasteiger partial charge is 0.433 e. The van der Waals surface area contributed by atoms with Gasteiger partial charge in [-0.3, -0.25) is 4.98 Å². The molecular formula is C14H12F3N3O. The topological polar surface area (TPSA) is 58.6 Å². The second kappa shape index (κ2) is 4.98. The Bertz CT molecular complexity index is 724. The monoisotopic (exact) mass is 295 g/mol. The maximum atomic E-state index is 12.8. The van der Waals surface area contributed by atoms with E-state index in [0.717, 1.165) is 30.2 Å². The van der Waals surface area contributed by atoms with Crippen molar-refractivity contribution in [2.45, 2.75) is 31.4 Å². The highest BCUT2D eigenvalue weighted by molar-refractivity contribution is 5.33. The van der Waals surface area contributed by atoms with E-state index in [4.69, 9.17) is 0 Å². The summed E-state index contributed by atoms with van der Waals surface area (Å²) in [5.41, 5.74) is -0.173. The molecule has 21 heavy (non-hydrogen) atoms. The summed E-state index contributed by atoms with van der Waals surface area (Å²) in [6.07, 6.45) is -0.677. The van der Waals surface area contributed by atoms with Crippen LogP contribution >= 0.6 is 0 Å². The quantitative estimate of drug-likeness (QED) is 0.880. The highest BCUT2D eigenvalue weighted by Gasteiger charge is 2.34. The number of nitrogens with zero attached hydrogens (tertiary/aromatic N) is 2. The standard InChI is InChI=1S/C14H12F3N3O/c15-14(16,17)11-7-10(19-13(21)20-11)9-5-1-3-8-4-2-6-18-12(8)9/h2,4,6-7,9H,1,3,5H2,(H,19,20,21). The zero-order chi connectivity index (χ0) is 15.0. The molecule has 0 fully saturated rings. The Balaban J connectivity index is 2.10. The highest BCUT2D eigenvalue weighted by Crippen LogP contribution is 2.35. The number of alkyl halides is 3. The first kappa shape index (κ1) is 13.8. The molecule has 3 rings (SSSR count). The second-order valence-electron chi connectivity index (χ2n) is 5.02. The Morgan fingerprint density at radius 3 is 2.90 bits per heavy atom. The SMILES string of the molecule is O=c1nc(C(F)(F)F)cc(C2CCCc3cccnc32)[nH]1. The first-order chi connectivity index (χ1) is 9.95.